The Morgan fingerprint density at radius 2 is 1.86 bits per heavy atom. The summed E-state index contributed by atoms with van der Waals surface area (Å²) in [5.41, 5.74) is 2.46. The van der Waals surface area contributed by atoms with Crippen LogP contribution in [0, 0.1) is 17.8 Å². The van der Waals surface area contributed by atoms with E-state index in [2.05, 4.69) is 42.7 Å². The summed E-state index contributed by atoms with van der Waals surface area (Å²) in [6, 6.07) is 4.31. The summed E-state index contributed by atoms with van der Waals surface area (Å²) in [6.07, 6.45) is 2.63. The van der Waals surface area contributed by atoms with E-state index >= 15 is 0 Å². The van der Waals surface area contributed by atoms with E-state index in [9.17, 15) is 4.79 Å². The fraction of sp³-hybridized carbons (Fsp3) is 0.696. The Labute approximate surface area is 169 Å². The minimum atomic E-state index is -0.165. The molecule has 1 saturated heterocycles. The second-order valence-electron chi connectivity index (χ2n) is 8.73. The molecule has 5 nitrogen and oxygen atoms in total. The van der Waals surface area contributed by atoms with Gasteiger partial charge >= 0.3 is 0 Å². The van der Waals surface area contributed by atoms with Gasteiger partial charge in [-0.25, -0.2) is 0 Å². The highest BCUT2D eigenvalue weighted by Crippen LogP contribution is 2.61. The van der Waals surface area contributed by atoms with Crippen molar-refractivity contribution in [2.45, 2.75) is 45.6 Å². The molecular formula is C23H34N2O3. The van der Waals surface area contributed by atoms with Crippen LogP contribution in [-0.2, 0) is 16.8 Å². The number of methoxy groups -OCH3 is 2. The van der Waals surface area contributed by atoms with Crippen molar-refractivity contribution in [1.29, 1.82) is 0 Å². The number of carbonyl (C=O) groups excluding carboxylic acids is 1. The number of nitrogens with zero attached hydrogens (tertiary/aromatic N) is 2. The van der Waals surface area contributed by atoms with Gasteiger partial charge in [0.05, 0.1) is 19.8 Å². The molecule has 5 heteroatoms. The molecule has 0 bridgehead atoms. The molecule has 0 N–H and O–H groups in total. The van der Waals surface area contributed by atoms with Crippen molar-refractivity contribution in [3.8, 4) is 11.5 Å². The average Bonchev–Trinajstić information content (AvgIpc) is 3.13. The molecule has 28 heavy (non-hydrogen) atoms. The van der Waals surface area contributed by atoms with Crippen LogP contribution in [0.3, 0.4) is 0 Å². The molecule has 0 aromatic heterocycles. The molecule has 154 valence electrons. The second-order valence-corrected chi connectivity index (χ2v) is 8.73. The maximum atomic E-state index is 13.0. The highest BCUT2D eigenvalue weighted by molar-refractivity contribution is 5.82. The number of hydrogen-bond acceptors (Lipinski definition) is 4. The van der Waals surface area contributed by atoms with E-state index in [-0.39, 0.29) is 5.54 Å². The van der Waals surface area contributed by atoms with Crippen molar-refractivity contribution < 1.29 is 14.3 Å². The molecule has 1 aliphatic carbocycles. The molecule has 1 aromatic carbocycles. The molecule has 1 amide bonds. The van der Waals surface area contributed by atoms with E-state index < -0.39 is 0 Å². The number of rotatable bonds is 6. The van der Waals surface area contributed by atoms with Gasteiger partial charge < -0.3 is 19.3 Å². The first kappa shape index (κ1) is 19.6. The highest BCUT2D eigenvalue weighted by Gasteiger charge is 2.63. The monoisotopic (exact) mass is 386 g/mol. The largest absolute Gasteiger partial charge is 0.493 e. The van der Waals surface area contributed by atoms with Gasteiger partial charge in [0.25, 0.3) is 0 Å². The Bertz CT molecular complexity index is 760. The molecule has 2 heterocycles. The van der Waals surface area contributed by atoms with E-state index in [0.29, 0.717) is 30.1 Å². The molecule has 2 fully saturated rings. The molecule has 1 saturated carbocycles. The number of carbonyl (C=O) groups is 1. The molecule has 2 unspecified atom stereocenters. The predicted octanol–water partition coefficient (Wildman–Crippen LogP) is 3.30. The van der Waals surface area contributed by atoms with E-state index in [1.807, 2.05) is 0 Å². The maximum Gasteiger partial charge on any atom is 0.223 e. The second kappa shape index (κ2) is 7.25. The number of fused-ring (bicyclic) bond motifs is 1. The lowest BCUT2D eigenvalue weighted by atomic mass is 9.74. The normalized spacial score (nSPS) is 31.0. The van der Waals surface area contributed by atoms with Crippen molar-refractivity contribution >= 4 is 5.91 Å². The van der Waals surface area contributed by atoms with Gasteiger partial charge in [-0.05, 0) is 66.9 Å². The highest BCUT2D eigenvalue weighted by atomic mass is 16.5. The van der Waals surface area contributed by atoms with Crippen LogP contribution in [0.5, 0.6) is 11.5 Å². The van der Waals surface area contributed by atoms with Crippen LogP contribution in [-0.4, -0.2) is 56.1 Å². The quantitative estimate of drug-likeness (QED) is 0.752. The van der Waals surface area contributed by atoms with Crippen molar-refractivity contribution in [2.24, 2.45) is 17.8 Å². The zero-order chi connectivity index (χ0) is 20.1. The Kier molecular flexibility index (Phi) is 5.07. The lowest BCUT2D eigenvalue weighted by molar-refractivity contribution is -0.132. The average molecular weight is 387 g/mol. The van der Waals surface area contributed by atoms with Crippen LogP contribution in [0.4, 0.5) is 0 Å². The fourth-order valence-corrected chi connectivity index (χ4v) is 6.33. The zero-order valence-corrected chi connectivity index (χ0v) is 18.0. The van der Waals surface area contributed by atoms with Crippen LogP contribution in [0.25, 0.3) is 0 Å². The Hall–Kier alpha value is -1.75. The predicted molar refractivity (Wildman–Crippen MR) is 110 cm³/mol. The smallest absolute Gasteiger partial charge is 0.223 e. The van der Waals surface area contributed by atoms with Crippen LogP contribution in [0.15, 0.2) is 12.1 Å². The topological polar surface area (TPSA) is 42.0 Å². The van der Waals surface area contributed by atoms with E-state index in [1.54, 1.807) is 14.2 Å². The van der Waals surface area contributed by atoms with Crippen LogP contribution in [0.1, 0.15) is 44.7 Å². The van der Waals surface area contributed by atoms with Crippen molar-refractivity contribution in [1.82, 2.24) is 9.80 Å². The van der Waals surface area contributed by atoms with Gasteiger partial charge in [-0.2, -0.15) is 0 Å². The number of hydrogen-bond donors (Lipinski definition) is 0. The van der Waals surface area contributed by atoms with Gasteiger partial charge in [-0.15, -0.1) is 0 Å². The van der Waals surface area contributed by atoms with Crippen molar-refractivity contribution in [3.05, 3.63) is 23.3 Å². The lowest BCUT2D eigenvalue weighted by Crippen LogP contribution is -2.49. The molecule has 4 rings (SSSR count). The summed E-state index contributed by atoms with van der Waals surface area (Å²) < 4.78 is 11.2. The maximum absolute atomic E-state index is 13.0. The minimum absolute atomic E-state index is 0.165. The van der Waals surface area contributed by atoms with E-state index in [4.69, 9.17) is 9.47 Å². The molecule has 4 atom stereocenters. The molecule has 0 radical (unpaired) electrons. The number of amides is 1. The van der Waals surface area contributed by atoms with Crippen molar-refractivity contribution in [2.75, 3.05) is 40.4 Å². The molecule has 2 aliphatic heterocycles. The van der Waals surface area contributed by atoms with Gasteiger partial charge in [0.15, 0.2) is 11.5 Å². The third-order valence-electron chi connectivity index (χ3n) is 7.72. The van der Waals surface area contributed by atoms with Crippen molar-refractivity contribution in [3.63, 3.8) is 0 Å². The van der Waals surface area contributed by atoms with Gasteiger partial charge in [0.2, 0.25) is 5.91 Å². The molecule has 1 aromatic rings. The minimum Gasteiger partial charge on any atom is -0.493 e. The first-order valence-electron chi connectivity index (χ1n) is 10.8. The summed E-state index contributed by atoms with van der Waals surface area (Å²) in [6.45, 7) is 10.9. The lowest BCUT2D eigenvalue weighted by Gasteiger charge is -2.45. The van der Waals surface area contributed by atoms with Gasteiger partial charge in [-0.1, -0.05) is 20.8 Å². The summed E-state index contributed by atoms with van der Waals surface area (Å²) in [5, 5.41) is 0. The first-order chi connectivity index (χ1) is 13.5. The fourth-order valence-electron chi connectivity index (χ4n) is 6.33. The Balaban J connectivity index is 1.81. The standard InChI is InChI=1S/C23H34N2O3/c1-6-24(7-2)14-17-15(3)13-23-18-11-21(28-5)20(27-4)10-16(18)8-9-25(23)22(26)12-19(17)23/h10-11,15,17,19H,6-9,12-14H2,1-5H3/t15-,17+,19?,23?/m0/s1. The Morgan fingerprint density at radius 1 is 1.18 bits per heavy atom. The third-order valence-corrected chi connectivity index (χ3v) is 7.72. The van der Waals surface area contributed by atoms with E-state index in [1.165, 1.54) is 11.1 Å². The zero-order valence-electron chi connectivity index (χ0n) is 18.0. The molecule has 3 aliphatic rings. The molecule has 1 spiro atoms. The number of ether oxygens (including phenoxy) is 2. The van der Waals surface area contributed by atoms with Crippen LogP contribution < -0.4 is 9.47 Å². The number of benzene rings is 1. The van der Waals surface area contributed by atoms with E-state index in [0.717, 1.165) is 50.5 Å². The summed E-state index contributed by atoms with van der Waals surface area (Å²) in [5.74, 6) is 3.43. The SMILES string of the molecule is CCN(CC)C[C@H]1C2CC(=O)N3CCc4cc(OC)c(OC)cc4C23C[C@@H]1C. The van der Waals surface area contributed by atoms with Gasteiger partial charge in [0, 0.05) is 19.5 Å². The molecular weight excluding hydrogens is 352 g/mol. The van der Waals surface area contributed by atoms with Crippen LogP contribution >= 0.6 is 0 Å². The first-order valence-corrected chi connectivity index (χ1v) is 10.8. The summed E-state index contributed by atoms with van der Waals surface area (Å²) >= 11 is 0. The van der Waals surface area contributed by atoms with Crippen LogP contribution in [0.2, 0.25) is 0 Å². The summed E-state index contributed by atoms with van der Waals surface area (Å²) in [7, 11) is 3.39. The third kappa shape index (κ3) is 2.66. The summed E-state index contributed by atoms with van der Waals surface area (Å²) in [4.78, 5) is 17.8. The van der Waals surface area contributed by atoms with Gasteiger partial charge in [-0.3, -0.25) is 4.79 Å². The van der Waals surface area contributed by atoms with Gasteiger partial charge in [0.1, 0.15) is 0 Å². The Morgan fingerprint density at radius 3 is 2.50 bits per heavy atom.